The Hall–Kier alpha value is -1.15. The van der Waals surface area contributed by atoms with Crippen molar-refractivity contribution in [3.05, 3.63) is 28.8 Å². The molecule has 0 heterocycles. The fraction of sp³-hybridized carbons (Fsp3) is 0.417. The molecule has 0 bridgehead atoms. The van der Waals surface area contributed by atoms with Crippen molar-refractivity contribution in [2.45, 2.75) is 11.8 Å². The predicted octanol–water partition coefficient (Wildman–Crippen LogP) is 1.61. The van der Waals surface area contributed by atoms with Gasteiger partial charge in [-0.25, -0.2) is 8.42 Å². The van der Waals surface area contributed by atoms with Crippen LogP contribution in [0.4, 0.5) is 0 Å². The maximum absolute atomic E-state index is 12.2. The Morgan fingerprint density at radius 2 is 1.95 bits per heavy atom. The normalized spacial score (nSPS) is 11.7. The first-order chi connectivity index (χ1) is 9.25. The molecule has 0 saturated heterocycles. The molecular formula is C12H17ClN2O4S. The molecule has 0 radical (unpaired) electrons. The highest BCUT2D eigenvalue weighted by atomic mass is 35.5. The third kappa shape index (κ3) is 3.29. The number of hydrogen-bond acceptors (Lipinski definition) is 4. The van der Waals surface area contributed by atoms with Gasteiger partial charge >= 0.3 is 0 Å². The van der Waals surface area contributed by atoms with Crippen LogP contribution in [-0.2, 0) is 14.9 Å². The molecule has 0 aliphatic heterocycles. The average Bonchev–Trinajstić information content (AvgIpc) is 2.44. The van der Waals surface area contributed by atoms with Crippen molar-refractivity contribution in [3.63, 3.8) is 0 Å². The van der Waals surface area contributed by atoms with Crippen molar-refractivity contribution < 1.29 is 18.0 Å². The van der Waals surface area contributed by atoms with Gasteiger partial charge in [0, 0.05) is 26.2 Å². The molecule has 20 heavy (non-hydrogen) atoms. The van der Waals surface area contributed by atoms with Gasteiger partial charge < -0.3 is 4.90 Å². The zero-order valence-electron chi connectivity index (χ0n) is 11.8. The van der Waals surface area contributed by atoms with E-state index in [1.54, 1.807) is 7.05 Å². The van der Waals surface area contributed by atoms with Gasteiger partial charge in [0.2, 0.25) is 0 Å². The van der Waals surface area contributed by atoms with Crippen LogP contribution in [0.1, 0.15) is 17.3 Å². The summed E-state index contributed by atoms with van der Waals surface area (Å²) in [4.78, 5) is 18.0. The SMILES string of the molecule is CCN(C)C(=O)c1ccc(Cl)c(S(=O)(=O)N(C)OC)c1. The van der Waals surface area contributed by atoms with Gasteiger partial charge in [-0.05, 0) is 25.1 Å². The van der Waals surface area contributed by atoms with E-state index in [2.05, 4.69) is 4.84 Å². The minimum Gasteiger partial charge on any atom is -0.342 e. The Morgan fingerprint density at radius 3 is 2.45 bits per heavy atom. The number of carbonyl (C=O) groups excluding carboxylic acids is 1. The Kier molecular flexibility index (Phi) is 5.52. The predicted molar refractivity (Wildman–Crippen MR) is 76.0 cm³/mol. The third-order valence-electron chi connectivity index (χ3n) is 2.87. The third-order valence-corrected chi connectivity index (χ3v) is 5.03. The standard InChI is InChI=1S/C12H17ClN2O4S/c1-5-14(2)12(16)9-6-7-10(13)11(8-9)20(17,18)15(3)19-4/h6-8H,5H2,1-4H3. The van der Waals surface area contributed by atoms with Crippen LogP contribution in [-0.4, -0.2) is 51.4 Å². The molecular weight excluding hydrogens is 304 g/mol. The summed E-state index contributed by atoms with van der Waals surface area (Å²) >= 11 is 5.91. The number of rotatable bonds is 5. The molecule has 6 nitrogen and oxygen atoms in total. The second-order valence-corrected chi connectivity index (χ2v) is 6.37. The number of hydroxylamine groups is 1. The monoisotopic (exact) mass is 320 g/mol. The number of carbonyl (C=O) groups is 1. The summed E-state index contributed by atoms with van der Waals surface area (Å²) in [7, 11) is 0.207. The summed E-state index contributed by atoms with van der Waals surface area (Å²) in [6.45, 7) is 2.34. The summed E-state index contributed by atoms with van der Waals surface area (Å²) in [5.41, 5.74) is 0.252. The van der Waals surface area contributed by atoms with E-state index < -0.39 is 10.0 Å². The van der Waals surface area contributed by atoms with Crippen LogP contribution >= 0.6 is 11.6 Å². The minimum atomic E-state index is -3.90. The molecule has 0 saturated carbocycles. The quantitative estimate of drug-likeness (QED) is 0.773. The lowest BCUT2D eigenvalue weighted by molar-refractivity contribution is -0.0258. The van der Waals surface area contributed by atoms with Gasteiger partial charge in [0.1, 0.15) is 4.90 Å². The molecule has 1 rings (SSSR count). The maximum Gasteiger partial charge on any atom is 0.266 e. The molecule has 1 amide bonds. The van der Waals surface area contributed by atoms with Gasteiger partial charge in [-0.15, -0.1) is 0 Å². The van der Waals surface area contributed by atoms with E-state index in [1.165, 1.54) is 37.3 Å². The van der Waals surface area contributed by atoms with E-state index in [0.717, 1.165) is 0 Å². The topological polar surface area (TPSA) is 66.9 Å². The van der Waals surface area contributed by atoms with Crippen LogP contribution in [0, 0.1) is 0 Å². The molecule has 0 fully saturated rings. The van der Waals surface area contributed by atoms with E-state index >= 15 is 0 Å². The average molecular weight is 321 g/mol. The second kappa shape index (κ2) is 6.53. The number of nitrogens with zero attached hydrogens (tertiary/aromatic N) is 2. The first kappa shape index (κ1) is 16.9. The zero-order valence-corrected chi connectivity index (χ0v) is 13.3. The van der Waals surface area contributed by atoms with Crippen molar-refractivity contribution in [2.24, 2.45) is 0 Å². The fourth-order valence-electron chi connectivity index (χ4n) is 1.43. The lowest BCUT2D eigenvalue weighted by atomic mass is 10.2. The first-order valence-electron chi connectivity index (χ1n) is 5.83. The van der Waals surface area contributed by atoms with Crippen molar-refractivity contribution in [2.75, 3.05) is 27.7 Å². The number of halogens is 1. The van der Waals surface area contributed by atoms with E-state index in [1.807, 2.05) is 6.92 Å². The highest BCUT2D eigenvalue weighted by Gasteiger charge is 2.25. The molecule has 112 valence electrons. The van der Waals surface area contributed by atoms with Crippen LogP contribution in [0.2, 0.25) is 5.02 Å². The molecule has 0 aromatic heterocycles. The maximum atomic E-state index is 12.2. The van der Waals surface area contributed by atoms with E-state index in [4.69, 9.17) is 11.6 Å². The highest BCUT2D eigenvalue weighted by Crippen LogP contribution is 2.25. The summed E-state index contributed by atoms with van der Waals surface area (Å²) in [5, 5.41) is 0.0320. The molecule has 1 aromatic carbocycles. The Morgan fingerprint density at radius 1 is 1.35 bits per heavy atom. The van der Waals surface area contributed by atoms with Gasteiger partial charge in [-0.1, -0.05) is 16.1 Å². The van der Waals surface area contributed by atoms with E-state index in [9.17, 15) is 13.2 Å². The number of hydrogen-bond donors (Lipinski definition) is 0. The van der Waals surface area contributed by atoms with Crippen LogP contribution < -0.4 is 0 Å². The molecule has 0 spiro atoms. The van der Waals surface area contributed by atoms with Gasteiger partial charge in [0.15, 0.2) is 0 Å². The Labute approximate surface area is 123 Å². The lowest BCUT2D eigenvalue weighted by Crippen LogP contribution is -2.28. The van der Waals surface area contributed by atoms with Gasteiger partial charge in [-0.3, -0.25) is 9.63 Å². The number of benzene rings is 1. The molecule has 0 N–H and O–H groups in total. The summed E-state index contributed by atoms with van der Waals surface area (Å²) in [5.74, 6) is -0.277. The van der Waals surface area contributed by atoms with Crippen LogP contribution in [0.5, 0.6) is 0 Å². The van der Waals surface area contributed by atoms with Gasteiger partial charge in [0.25, 0.3) is 15.9 Å². The molecule has 0 atom stereocenters. The Balaban J connectivity index is 3.33. The zero-order chi connectivity index (χ0) is 15.5. The summed E-state index contributed by atoms with van der Waals surface area (Å²) < 4.78 is 25.1. The van der Waals surface area contributed by atoms with Gasteiger partial charge in [0.05, 0.1) is 12.1 Å². The second-order valence-electron chi connectivity index (χ2n) is 4.06. The van der Waals surface area contributed by atoms with Crippen LogP contribution in [0.3, 0.4) is 0 Å². The number of sulfonamides is 1. The molecule has 8 heteroatoms. The first-order valence-corrected chi connectivity index (χ1v) is 7.65. The Bertz CT molecular complexity index is 603. The summed E-state index contributed by atoms with van der Waals surface area (Å²) in [6.07, 6.45) is 0. The van der Waals surface area contributed by atoms with E-state index in [-0.39, 0.29) is 21.4 Å². The molecule has 0 aliphatic carbocycles. The number of amides is 1. The van der Waals surface area contributed by atoms with Crippen molar-refractivity contribution in [3.8, 4) is 0 Å². The minimum absolute atomic E-state index is 0.0320. The van der Waals surface area contributed by atoms with E-state index in [0.29, 0.717) is 11.0 Å². The van der Waals surface area contributed by atoms with Crippen LogP contribution in [0.25, 0.3) is 0 Å². The van der Waals surface area contributed by atoms with Crippen molar-refractivity contribution in [1.29, 1.82) is 0 Å². The fourth-order valence-corrected chi connectivity index (χ4v) is 2.91. The molecule has 0 unspecified atom stereocenters. The smallest absolute Gasteiger partial charge is 0.266 e. The summed E-state index contributed by atoms with van der Waals surface area (Å²) in [6, 6.07) is 4.12. The molecule has 0 aliphatic rings. The van der Waals surface area contributed by atoms with Gasteiger partial charge in [-0.2, -0.15) is 0 Å². The highest BCUT2D eigenvalue weighted by molar-refractivity contribution is 7.89. The lowest BCUT2D eigenvalue weighted by Gasteiger charge is -2.18. The largest absolute Gasteiger partial charge is 0.342 e. The van der Waals surface area contributed by atoms with Crippen molar-refractivity contribution in [1.82, 2.24) is 9.37 Å². The van der Waals surface area contributed by atoms with Crippen molar-refractivity contribution >= 4 is 27.5 Å². The van der Waals surface area contributed by atoms with Crippen LogP contribution in [0.15, 0.2) is 23.1 Å². The molecule has 1 aromatic rings.